The zero-order valence-electron chi connectivity index (χ0n) is 25.8. The summed E-state index contributed by atoms with van der Waals surface area (Å²) in [6, 6.07) is 1.48. The van der Waals surface area contributed by atoms with Crippen LogP contribution in [-0.2, 0) is 4.74 Å². The van der Waals surface area contributed by atoms with Gasteiger partial charge in [-0.3, -0.25) is 15.0 Å². The number of pyridine rings is 1. The van der Waals surface area contributed by atoms with E-state index in [1.165, 1.54) is 0 Å². The molecule has 4 aromatic rings. The van der Waals surface area contributed by atoms with Crippen molar-refractivity contribution < 1.29 is 23.8 Å². The number of aromatic nitrogens is 5. The second-order valence-corrected chi connectivity index (χ2v) is 14.3. The van der Waals surface area contributed by atoms with Crippen molar-refractivity contribution >= 4 is 45.3 Å². The number of aromatic amines is 1. The van der Waals surface area contributed by atoms with Crippen molar-refractivity contribution in [3.8, 4) is 17.3 Å². The van der Waals surface area contributed by atoms with Crippen molar-refractivity contribution in [2.75, 3.05) is 44.3 Å². The number of hydrogen-bond acceptors (Lipinski definition) is 10. The number of amides is 1. The molecule has 8 heterocycles. The first-order valence-electron chi connectivity index (χ1n) is 16.6. The van der Waals surface area contributed by atoms with Crippen LogP contribution in [0.2, 0.25) is 5.02 Å². The molecule has 1 aromatic carbocycles. The molecule has 47 heavy (non-hydrogen) atoms. The molecular formula is C33H36ClFN8O4. The van der Waals surface area contributed by atoms with Crippen molar-refractivity contribution in [2.45, 2.75) is 68.5 Å². The Morgan fingerprint density at radius 3 is 2.85 bits per heavy atom. The fraction of sp³-hybridized carbons (Fsp3) is 0.545. The van der Waals surface area contributed by atoms with Crippen LogP contribution in [0.4, 0.5) is 15.0 Å². The van der Waals surface area contributed by atoms with E-state index in [4.69, 9.17) is 36.0 Å². The Kier molecular flexibility index (Phi) is 6.95. The standard InChI is InChI=1S/C33H36ClFN8O4/c34-23-11-24-21(13-37-41-24)26-25(23)20-9-17(20)3-8-46-32(45)38-18-10-19(44)15-42(14-18)30-22-12-36-29(26)27(35)28(22)39-31(40-30)47-16-33-4-1-6-43(33)7-2-5-33/h11-13,17-20,44H,1-10,14-16H2,(H,37,41)(H,38,45). The summed E-state index contributed by atoms with van der Waals surface area (Å²) in [4.78, 5) is 31.4. The molecule has 1 amide bonds. The number of nitrogens with zero attached hydrogens (tertiary/aromatic N) is 6. The zero-order chi connectivity index (χ0) is 31.9. The van der Waals surface area contributed by atoms with E-state index in [1.54, 1.807) is 12.4 Å². The van der Waals surface area contributed by atoms with E-state index in [0.717, 1.165) is 50.8 Å². The molecule has 4 fully saturated rings. The van der Waals surface area contributed by atoms with Gasteiger partial charge in [0, 0.05) is 35.3 Å². The molecule has 0 radical (unpaired) electrons. The molecule has 3 saturated heterocycles. The van der Waals surface area contributed by atoms with Gasteiger partial charge in [-0.25, -0.2) is 9.18 Å². The normalized spacial score (nSPS) is 27.0. The van der Waals surface area contributed by atoms with E-state index in [0.29, 0.717) is 58.7 Å². The quantitative estimate of drug-likeness (QED) is 0.286. The van der Waals surface area contributed by atoms with Crippen LogP contribution < -0.4 is 15.0 Å². The second kappa shape index (κ2) is 11.1. The third-order valence-corrected chi connectivity index (χ3v) is 11.3. The van der Waals surface area contributed by atoms with E-state index < -0.39 is 24.1 Å². The number of benzene rings is 1. The summed E-state index contributed by atoms with van der Waals surface area (Å²) >= 11 is 6.92. The lowest BCUT2D eigenvalue weighted by atomic mass is 9.94. The third kappa shape index (κ3) is 4.96. The van der Waals surface area contributed by atoms with E-state index in [9.17, 15) is 9.90 Å². The smallest absolute Gasteiger partial charge is 0.407 e. The van der Waals surface area contributed by atoms with Gasteiger partial charge >= 0.3 is 12.1 Å². The van der Waals surface area contributed by atoms with Crippen LogP contribution in [0.5, 0.6) is 6.01 Å². The number of fused-ring (bicyclic) bond motifs is 7. The Morgan fingerprint density at radius 2 is 2.00 bits per heavy atom. The Bertz CT molecular complexity index is 1900. The third-order valence-electron chi connectivity index (χ3n) is 11.0. The van der Waals surface area contributed by atoms with Gasteiger partial charge in [-0.15, -0.1) is 0 Å². The number of rotatable bonds is 3. The predicted molar refractivity (Wildman–Crippen MR) is 172 cm³/mol. The summed E-state index contributed by atoms with van der Waals surface area (Å²) in [7, 11) is 0. The average Bonchev–Trinajstić information content (AvgIpc) is 3.33. The maximum absolute atomic E-state index is 17.2. The summed E-state index contributed by atoms with van der Waals surface area (Å²) in [5, 5.41) is 22.6. The number of nitrogens with one attached hydrogen (secondary N) is 2. The fourth-order valence-electron chi connectivity index (χ4n) is 8.63. The number of anilines is 1. The largest absolute Gasteiger partial charge is 0.461 e. The van der Waals surface area contributed by atoms with Gasteiger partial charge < -0.3 is 24.8 Å². The molecule has 0 spiro atoms. The second-order valence-electron chi connectivity index (χ2n) is 13.9. The number of alkyl carbamates (subject to hydrolysis) is 1. The summed E-state index contributed by atoms with van der Waals surface area (Å²) in [5.41, 5.74) is 2.21. The molecule has 6 aliphatic rings. The average molecular weight is 663 g/mol. The lowest BCUT2D eigenvalue weighted by Crippen LogP contribution is -2.53. The summed E-state index contributed by atoms with van der Waals surface area (Å²) in [5.74, 6) is 0.0289. The number of carbonyl (C=O) groups is 1. The van der Waals surface area contributed by atoms with Crippen LogP contribution in [0, 0.1) is 11.7 Å². The summed E-state index contributed by atoms with van der Waals surface area (Å²) < 4.78 is 29.1. The molecule has 4 unspecified atom stereocenters. The van der Waals surface area contributed by atoms with Gasteiger partial charge in [0.25, 0.3) is 0 Å². The van der Waals surface area contributed by atoms with E-state index in [2.05, 4.69) is 20.4 Å². The molecule has 4 atom stereocenters. The maximum Gasteiger partial charge on any atom is 0.407 e. The molecule has 10 rings (SSSR count). The number of hydrogen-bond donors (Lipinski definition) is 3. The highest BCUT2D eigenvalue weighted by molar-refractivity contribution is 6.33. The molecule has 3 aromatic heterocycles. The monoisotopic (exact) mass is 662 g/mol. The summed E-state index contributed by atoms with van der Waals surface area (Å²) in [6.45, 7) is 3.30. The lowest BCUT2D eigenvalue weighted by molar-refractivity contribution is 0.107. The molecular weight excluding hydrogens is 627 g/mol. The predicted octanol–water partition coefficient (Wildman–Crippen LogP) is 4.54. The SMILES string of the molecule is O=C1NC2CC(O)CN(C2)c2nc(OCC34CCCN3CCC4)nc3c(F)c(ncc23)-c2c(c(Cl)cc3[nH]ncc23)C2CC2CCO1. The highest BCUT2D eigenvalue weighted by Crippen LogP contribution is 2.56. The minimum Gasteiger partial charge on any atom is -0.461 e. The van der Waals surface area contributed by atoms with E-state index >= 15 is 4.39 Å². The Balaban J connectivity index is 1.22. The number of piperidine rings is 1. The first kappa shape index (κ1) is 29.3. The minimum atomic E-state index is -0.761. The number of ether oxygens (including phenoxy) is 2. The van der Waals surface area contributed by atoms with E-state index in [-0.39, 0.29) is 47.7 Å². The number of aliphatic hydroxyl groups is 1. The molecule has 1 aliphatic carbocycles. The molecule has 1 saturated carbocycles. The van der Waals surface area contributed by atoms with Gasteiger partial charge in [0.2, 0.25) is 0 Å². The number of carbonyl (C=O) groups excluding carboxylic acids is 1. The molecule has 12 nitrogen and oxygen atoms in total. The molecule has 3 N–H and O–H groups in total. The van der Waals surface area contributed by atoms with Crippen LogP contribution >= 0.6 is 11.6 Å². The van der Waals surface area contributed by atoms with Crippen molar-refractivity contribution in [3.63, 3.8) is 0 Å². The summed E-state index contributed by atoms with van der Waals surface area (Å²) in [6.07, 6.45) is 8.10. The lowest BCUT2D eigenvalue weighted by Gasteiger charge is -2.37. The number of aliphatic hydroxyl groups excluding tert-OH is 1. The van der Waals surface area contributed by atoms with Gasteiger partial charge in [0.1, 0.15) is 23.6 Å². The van der Waals surface area contributed by atoms with Crippen LogP contribution in [0.3, 0.4) is 0 Å². The number of halogens is 2. The number of H-pyrrole nitrogens is 1. The molecule has 246 valence electrons. The Morgan fingerprint density at radius 1 is 1.15 bits per heavy atom. The van der Waals surface area contributed by atoms with Crippen molar-refractivity contribution in [1.82, 2.24) is 35.4 Å². The van der Waals surface area contributed by atoms with Crippen LogP contribution in [0.25, 0.3) is 33.1 Å². The van der Waals surface area contributed by atoms with E-state index in [1.807, 2.05) is 11.0 Å². The Labute approximate surface area is 275 Å². The highest BCUT2D eigenvalue weighted by Gasteiger charge is 2.45. The first-order valence-corrected chi connectivity index (χ1v) is 17.0. The van der Waals surface area contributed by atoms with Crippen LogP contribution in [-0.4, -0.2) is 98.3 Å². The maximum atomic E-state index is 17.2. The van der Waals surface area contributed by atoms with Gasteiger partial charge in [0.05, 0.1) is 41.4 Å². The van der Waals surface area contributed by atoms with Gasteiger partial charge in [0.15, 0.2) is 5.82 Å². The molecule has 5 aliphatic heterocycles. The first-order chi connectivity index (χ1) is 22.9. The van der Waals surface area contributed by atoms with Gasteiger partial charge in [-0.2, -0.15) is 15.1 Å². The highest BCUT2D eigenvalue weighted by atomic mass is 35.5. The van der Waals surface area contributed by atoms with Gasteiger partial charge in [-0.1, -0.05) is 11.6 Å². The van der Waals surface area contributed by atoms with Crippen molar-refractivity contribution in [2.24, 2.45) is 5.92 Å². The topological polar surface area (TPSA) is 142 Å². The van der Waals surface area contributed by atoms with Crippen LogP contribution in [0.15, 0.2) is 18.5 Å². The van der Waals surface area contributed by atoms with Crippen LogP contribution in [0.1, 0.15) is 56.4 Å². The zero-order valence-corrected chi connectivity index (χ0v) is 26.6. The Hall–Kier alpha value is -3.81. The minimum absolute atomic E-state index is 0.0383. The molecule has 6 bridgehead atoms. The fourth-order valence-corrected chi connectivity index (χ4v) is 8.98. The van der Waals surface area contributed by atoms with Crippen molar-refractivity contribution in [3.05, 3.63) is 34.9 Å². The van der Waals surface area contributed by atoms with Gasteiger partial charge in [-0.05, 0) is 81.5 Å². The van der Waals surface area contributed by atoms with Crippen molar-refractivity contribution in [1.29, 1.82) is 0 Å². The molecule has 14 heteroatoms.